The molecule has 0 saturated carbocycles. The van der Waals surface area contributed by atoms with Gasteiger partial charge in [0.1, 0.15) is 0 Å². The van der Waals surface area contributed by atoms with Crippen molar-refractivity contribution in [1.29, 1.82) is 0 Å². The van der Waals surface area contributed by atoms with Crippen molar-refractivity contribution in [2.24, 2.45) is 0 Å². The van der Waals surface area contributed by atoms with Gasteiger partial charge in [0.25, 0.3) is 5.91 Å². The summed E-state index contributed by atoms with van der Waals surface area (Å²) < 4.78 is 0.743. The highest BCUT2D eigenvalue weighted by molar-refractivity contribution is 9.10. The largest absolute Gasteiger partial charge is 0.341 e. The van der Waals surface area contributed by atoms with E-state index < -0.39 is 0 Å². The predicted molar refractivity (Wildman–Crippen MR) is 81.9 cm³/mol. The third-order valence-electron chi connectivity index (χ3n) is 3.29. The molecule has 20 heavy (non-hydrogen) atoms. The summed E-state index contributed by atoms with van der Waals surface area (Å²) in [5.41, 5.74) is 0.473. The van der Waals surface area contributed by atoms with Crippen LogP contribution in [-0.4, -0.2) is 48.3 Å². The van der Waals surface area contributed by atoms with Crippen LogP contribution in [0.25, 0.3) is 0 Å². The first-order valence-electron chi connectivity index (χ1n) is 6.46. The van der Waals surface area contributed by atoms with E-state index in [1.165, 1.54) is 4.90 Å². The highest BCUT2D eigenvalue weighted by Gasteiger charge is 2.22. The van der Waals surface area contributed by atoms with Gasteiger partial charge < -0.3 is 9.80 Å². The van der Waals surface area contributed by atoms with E-state index in [9.17, 15) is 9.59 Å². The molecule has 1 heterocycles. The van der Waals surface area contributed by atoms with E-state index in [4.69, 9.17) is 11.6 Å². The first-order chi connectivity index (χ1) is 9.47. The van der Waals surface area contributed by atoms with Crippen LogP contribution in [0.3, 0.4) is 0 Å². The maximum absolute atomic E-state index is 12.3. The number of carbonyl (C=O) groups excluding carboxylic acids is 2. The maximum Gasteiger partial charge on any atom is 0.254 e. The van der Waals surface area contributed by atoms with Crippen LogP contribution in [0.4, 0.5) is 0 Å². The average Bonchev–Trinajstić information content (AvgIpc) is 2.90. The number of nitrogens with zero attached hydrogens (tertiary/aromatic N) is 2. The molecule has 108 valence electrons. The molecule has 4 nitrogen and oxygen atoms in total. The van der Waals surface area contributed by atoms with Gasteiger partial charge in [-0.3, -0.25) is 9.59 Å². The van der Waals surface area contributed by atoms with Crippen LogP contribution in [0.15, 0.2) is 22.7 Å². The lowest BCUT2D eigenvalue weighted by atomic mass is 10.2. The summed E-state index contributed by atoms with van der Waals surface area (Å²) in [6.45, 7) is 1.69. The van der Waals surface area contributed by atoms with Gasteiger partial charge in [0.2, 0.25) is 5.91 Å². The normalized spacial score (nSPS) is 14.4. The van der Waals surface area contributed by atoms with Crippen LogP contribution in [0, 0.1) is 0 Å². The van der Waals surface area contributed by atoms with Crippen molar-refractivity contribution in [1.82, 2.24) is 9.80 Å². The highest BCUT2D eigenvalue weighted by Crippen LogP contribution is 2.20. The third kappa shape index (κ3) is 3.73. The molecule has 2 rings (SSSR count). The topological polar surface area (TPSA) is 40.6 Å². The van der Waals surface area contributed by atoms with E-state index in [0.29, 0.717) is 10.6 Å². The summed E-state index contributed by atoms with van der Waals surface area (Å²) in [6.07, 6.45) is 2.09. The second-order valence-corrected chi connectivity index (χ2v) is 6.26. The maximum atomic E-state index is 12.3. The van der Waals surface area contributed by atoms with Gasteiger partial charge in [0.05, 0.1) is 6.54 Å². The SMILES string of the molecule is CN(CC(=O)N1CCCC1)C(=O)c1cc(Cl)cc(Br)c1. The minimum Gasteiger partial charge on any atom is -0.341 e. The zero-order chi connectivity index (χ0) is 14.7. The standard InChI is InChI=1S/C14H16BrClN2O2/c1-17(9-13(19)18-4-2-3-5-18)14(20)10-6-11(15)8-12(16)7-10/h6-8H,2-5,9H2,1H3. The van der Waals surface area contributed by atoms with Crippen molar-refractivity contribution in [3.8, 4) is 0 Å². The molecule has 2 amide bonds. The number of amides is 2. The fourth-order valence-electron chi connectivity index (χ4n) is 2.24. The van der Waals surface area contributed by atoms with Crippen LogP contribution in [0.5, 0.6) is 0 Å². The van der Waals surface area contributed by atoms with Crippen molar-refractivity contribution >= 4 is 39.3 Å². The lowest BCUT2D eigenvalue weighted by Gasteiger charge is -2.21. The number of benzene rings is 1. The zero-order valence-electron chi connectivity index (χ0n) is 11.2. The van der Waals surface area contributed by atoms with Gasteiger partial charge in [-0.25, -0.2) is 0 Å². The predicted octanol–water partition coefficient (Wildman–Crippen LogP) is 2.80. The van der Waals surface area contributed by atoms with Gasteiger partial charge in [-0.1, -0.05) is 27.5 Å². The summed E-state index contributed by atoms with van der Waals surface area (Å²) in [5, 5.41) is 0.488. The fraction of sp³-hybridized carbons (Fsp3) is 0.429. The van der Waals surface area contributed by atoms with Crippen molar-refractivity contribution in [2.75, 3.05) is 26.7 Å². The number of rotatable bonds is 3. The number of halogens is 2. The lowest BCUT2D eigenvalue weighted by Crippen LogP contribution is -2.39. The summed E-state index contributed by atoms with van der Waals surface area (Å²) in [7, 11) is 1.63. The monoisotopic (exact) mass is 358 g/mol. The van der Waals surface area contributed by atoms with Gasteiger partial charge in [0, 0.05) is 35.2 Å². The van der Waals surface area contributed by atoms with Crippen molar-refractivity contribution in [3.63, 3.8) is 0 Å². The van der Waals surface area contributed by atoms with Crippen molar-refractivity contribution < 1.29 is 9.59 Å². The van der Waals surface area contributed by atoms with E-state index in [1.807, 2.05) is 0 Å². The molecule has 1 aromatic rings. The van der Waals surface area contributed by atoms with E-state index in [-0.39, 0.29) is 18.4 Å². The van der Waals surface area contributed by atoms with Gasteiger partial charge in [0.15, 0.2) is 0 Å². The fourth-order valence-corrected chi connectivity index (χ4v) is 3.10. The molecule has 0 unspecified atom stereocenters. The molecular weight excluding hydrogens is 344 g/mol. The first kappa shape index (κ1) is 15.3. The number of carbonyl (C=O) groups is 2. The molecule has 6 heteroatoms. The molecule has 0 atom stereocenters. The second kappa shape index (κ2) is 6.59. The molecule has 0 aromatic heterocycles. The smallest absolute Gasteiger partial charge is 0.254 e. The van der Waals surface area contributed by atoms with Crippen LogP contribution >= 0.6 is 27.5 Å². The van der Waals surface area contributed by atoms with Crippen molar-refractivity contribution in [3.05, 3.63) is 33.3 Å². The Morgan fingerprint density at radius 2 is 1.95 bits per heavy atom. The molecule has 0 bridgehead atoms. The Hall–Kier alpha value is -1.07. The lowest BCUT2D eigenvalue weighted by molar-refractivity contribution is -0.130. The second-order valence-electron chi connectivity index (χ2n) is 4.91. The zero-order valence-corrected chi connectivity index (χ0v) is 13.6. The summed E-state index contributed by atoms with van der Waals surface area (Å²) in [5.74, 6) is -0.208. The van der Waals surface area contributed by atoms with Crippen LogP contribution < -0.4 is 0 Å². The number of likely N-dealkylation sites (N-methyl/N-ethyl adjacent to an activating group) is 1. The average molecular weight is 360 g/mol. The Balaban J connectivity index is 2.02. The van der Waals surface area contributed by atoms with Crippen LogP contribution in [0.1, 0.15) is 23.2 Å². The van der Waals surface area contributed by atoms with Gasteiger partial charge >= 0.3 is 0 Å². The molecule has 1 fully saturated rings. The molecule has 1 aliphatic heterocycles. The van der Waals surface area contributed by atoms with E-state index in [0.717, 1.165) is 30.4 Å². The molecule has 1 aliphatic rings. The quantitative estimate of drug-likeness (QED) is 0.832. The third-order valence-corrected chi connectivity index (χ3v) is 3.96. The Kier molecular flexibility index (Phi) is 5.05. The van der Waals surface area contributed by atoms with Gasteiger partial charge in [-0.15, -0.1) is 0 Å². The van der Waals surface area contributed by atoms with E-state index in [2.05, 4.69) is 15.9 Å². The summed E-state index contributed by atoms with van der Waals surface area (Å²) in [4.78, 5) is 27.5. The summed E-state index contributed by atoms with van der Waals surface area (Å²) >= 11 is 9.24. The minimum absolute atomic E-state index is 0.000515. The van der Waals surface area contributed by atoms with Gasteiger partial charge in [-0.05, 0) is 31.0 Å². The van der Waals surface area contributed by atoms with Crippen LogP contribution in [-0.2, 0) is 4.79 Å². The molecule has 1 aromatic carbocycles. The molecule has 0 N–H and O–H groups in total. The Morgan fingerprint density at radius 3 is 2.55 bits per heavy atom. The Bertz CT molecular complexity index is 510. The molecule has 0 aliphatic carbocycles. The number of hydrogen-bond acceptors (Lipinski definition) is 2. The minimum atomic E-state index is -0.208. The number of hydrogen-bond donors (Lipinski definition) is 0. The van der Waals surface area contributed by atoms with Crippen molar-refractivity contribution in [2.45, 2.75) is 12.8 Å². The highest BCUT2D eigenvalue weighted by atomic mass is 79.9. The Labute approximate surface area is 131 Å². The van der Waals surface area contributed by atoms with Gasteiger partial charge in [-0.2, -0.15) is 0 Å². The molecule has 0 radical (unpaired) electrons. The molecular formula is C14H16BrClN2O2. The molecule has 1 saturated heterocycles. The van der Waals surface area contributed by atoms with E-state index >= 15 is 0 Å². The summed E-state index contributed by atoms with van der Waals surface area (Å²) in [6, 6.07) is 5.02. The van der Waals surface area contributed by atoms with E-state index in [1.54, 1.807) is 30.1 Å². The Morgan fingerprint density at radius 1 is 1.30 bits per heavy atom. The number of likely N-dealkylation sites (tertiary alicyclic amines) is 1. The first-order valence-corrected chi connectivity index (χ1v) is 7.64. The van der Waals surface area contributed by atoms with Crippen LogP contribution in [0.2, 0.25) is 5.02 Å². The molecule has 0 spiro atoms.